The van der Waals surface area contributed by atoms with E-state index in [0.717, 1.165) is 44.9 Å². The molecule has 1 atom stereocenters. The third-order valence-electron chi connectivity index (χ3n) is 6.80. The molecule has 0 N–H and O–H groups in total. The summed E-state index contributed by atoms with van der Waals surface area (Å²) >= 11 is 0. The lowest BCUT2D eigenvalue weighted by Crippen LogP contribution is -2.12. The van der Waals surface area contributed by atoms with Crippen LogP contribution >= 0.6 is 0 Å². The van der Waals surface area contributed by atoms with Gasteiger partial charge in [0.05, 0.1) is 13.2 Å². The van der Waals surface area contributed by atoms with Crippen molar-refractivity contribution in [2.45, 2.75) is 162 Å². The summed E-state index contributed by atoms with van der Waals surface area (Å²) in [7, 11) is 0. The summed E-state index contributed by atoms with van der Waals surface area (Å²) in [5, 5.41) is 0. The van der Waals surface area contributed by atoms with Crippen molar-refractivity contribution in [1.82, 2.24) is 0 Å². The van der Waals surface area contributed by atoms with Gasteiger partial charge in [0, 0.05) is 12.8 Å². The molecule has 0 amide bonds. The Kier molecular flexibility index (Phi) is 25.7. The van der Waals surface area contributed by atoms with E-state index in [1.54, 1.807) is 0 Å². The maximum Gasteiger partial charge on any atom is 0.306 e. The predicted octanol–water partition coefficient (Wildman–Crippen LogP) is 9.33. The van der Waals surface area contributed by atoms with Crippen LogP contribution in [0.4, 0.5) is 0 Å². The fourth-order valence-corrected chi connectivity index (χ4v) is 4.30. The number of unbranched alkanes of at least 4 members (excludes halogenated alkanes) is 15. The van der Waals surface area contributed by atoms with Crippen LogP contribution in [0.1, 0.15) is 162 Å². The number of esters is 2. The summed E-state index contributed by atoms with van der Waals surface area (Å²) in [6.07, 6.45) is 25.7. The molecule has 0 bridgehead atoms. The van der Waals surface area contributed by atoms with Crippen molar-refractivity contribution < 1.29 is 19.1 Å². The first-order valence-corrected chi connectivity index (χ1v) is 14.9. The van der Waals surface area contributed by atoms with Crippen molar-refractivity contribution in [1.29, 1.82) is 0 Å². The van der Waals surface area contributed by atoms with E-state index >= 15 is 0 Å². The molecule has 4 nitrogen and oxygen atoms in total. The second-order valence-electron chi connectivity index (χ2n) is 10.1. The number of ether oxygens (including phenoxy) is 2. The Bertz CT molecular complexity index is 449. The normalized spacial score (nSPS) is 12.0. The second kappa shape index (κ2) is 26.5. The lowest BCUT2D eigenvalue weighted by atomic mass is 9.95. The van der Waals surface area contributed by atoms with Crippen molar-refractivity contribution in [2.24, 2.45) is 5.92 Å². The van der Waals surface area contributed by atoms with E-state index in [-0.39, 0.29) is 11.9 Å². The van der Waals surface area contributed by atoms with E-state index < -0.39 is 0 Å². The largest absolute Gasteiger partial charge is 0.466 e. The average molecular weight is 483 g/mol. The minimum absolute atomic E-state index is 0.0000528. The topological polar surface area (TPSA) is 52.6 Å². The molecule has 0 fully saturated rings. The van der Waals surface area contributed by atoms with Gasteiger partial charge in [0.15, 0.2) is 0 Å². The number of carbonyl (C=O) groups is 2. The molecule has 0 rings (SSSR count). The summed E-state index contributed by atoms with van der Waals surface area (Å²) in [5.74, 6) is 0.486. The fraction of sp³-hybridized carbons (Fsp3) is 0.933. The molecule has 0 aromatic heterocycles. The zero-order valence-corrected chi connectivity index (χ0v) is 23.2. The van der Waals surface area contributed by atoms with Crippen molar-refractivity contribution in [2.75, 3.05) is 13.2 Å². The molecule has 4 heteroatoms. The summed E-state index contributed by atoms with van der Waals surface area (Å²) in [6, 6.07) is 0. The van der Waals surface area contributed by atoms with Crippen LogP contribution in [-0.2, 0) is 19.1 Å². The summed E-state index contributed by atoms with van der Waals surface area (Å²) in [4.78, 5) is 23.4. The number of carbonyl (C=O) groups excluding carboxylic acids is 2. The minimum Gasteiger partial charge on any atom is -0.466 e. The van der Waals surface area contributed by atoms with E-state index in [4.69, 9.17) is 9.47 Å². The molecule has 0 saturated carbocycles. The molecule has 1 unspecified atom stereocenters. The first-order valence-electron chi connectivity index (χ1n) is 14.9. The Labute approximate surface area is 212 Å². The first-order chi connectivity index (χ1) is 16.6. The number of hydrogen-bond acceptors (Lipinski definition) is 4. The molecule has 0 aromatic carbocycles. The van der Waals surface area contributed by atoms with E-state index in [1.165, 1.54) is 83.5 Å². The molecule has 0 aromatic rings. The summed E-state index contributed by atoms with van der Waals surface area (Å²) in [6.45, 7) is 7.60. The van der Waals surface area contributed by atoms with Gasteiger partial charge >= 0.3 is 11.9 Å². The Hall–Kier alpha value is -1.06. The Morgan fingerprint density at radius 1 is 0.529 bits per heavy atom. The predicted molar refractivity (Wildman–Crippen MR) is 144 cm³/mol. The van der Waals surface area contributed by atoms with Gasteiger partial charge in [-0.05, 0) is 31.6 Å². The lowest BCUT2D eigenvalue weighted by molar-refractivity contribution is -0.145. The highest BCUT2D eigenvalue weighted by atomic mass is 16.5. The molecule has 0 saturated heterocycles. The van der Waals surface area contributed by atoms with E-state index in [2.05, 4.69) is 20.8 Å². The molecular formula is C30H58O4. The van der Waals surface area contributed by atoms with Crippen molar-refractivity contribution in [3.63, 3.8) is 0 Å². The van der Waals surface area contributed by atoms with Gasteiger partial charge in [0.25, 0.3) is 0 Å². The Balaban J connectivity index is 3.32. The molecule has 0 heterocycles. The average Bonchev–Trinajstić information content (AvgIpc) is 2.83. The highest BCUT2D eigenvalue weighted by Gasteiger charge is 2.12. The van der Waals surface area contributed by atoms with Crippen LogP contribution in [0.3, 0.4) is 0 Å². The smallest absolute Gasteiger partial charge is 0.306 e. The molecule has 0 aliphatic rings. The van der Waals surface area contributed by atoms with Crippen molar-refractivity contribution in [3.05, 3.63) is 0 Å². The van der Waals surface area contributed by atoms with Crippen molar-refractivity contribution >= 4 is 11.9 Å². The SMILES string of the molecule is CCCCOC(=O)CCCCCCCCCCCCCCCCC(CC)CC(=O)OCCCC. The number of rotatable bonds is 26. The van der Waals surface area contributed by atoms with E-state index in [9.17, 15) is 9.59 Å². The molecule has 0 spiro atoms. The standard InChI is InChI=1S/C30H58O4/c1-4-7-25-33-29(31)24-22-20-18-16-14-12-10-9-11-13-15-17-19-21-23-28(6-3)27-30(32)34-26-8-5-2/h28H,4-27H2,1-3H3. The fourth-order valence-electron chi connectivity index (χ4n) is 4.30. The van der Waals surface area contributed by atoms with Gasteiger partial charge in [0.1, 0.15) is 0 Å². The van der Waals surface area contributed by atoms with Gasteiger partial charge in [-0.3, -0.25) is 9.59 Å². The Morgan fingerprint density at radius 3 is 1.38 bits per heavy atom. The third kappa shape index (κ3) is 24.1. The summed E-state index contributed by atoms with van der Waals surface area (Å²) < 4.78 is 10.5. The van der Waals surface area contributed by atoms with Gasteiger partial charge in [-0.1, -0.05) is 124 Å². The monoisotopic (exact) mass is 482 g/mol. The van der Waals surface area contributed by atoms with Crippen LogP contribution in [0, 0.1) is 5.92 Å². The van der Waals surface area contributed by atoms with E-state index in [0.29, 0.717) is 32.0 Å². The molecule has 0 aliphatic heterocycles. The van der Waals surface area contributed by atoms with Crippen molar-refractivity contribution in [3.8, 4) is 0 Å². The quantitative estimate of drug-likeness (QED) is 0.0910. The molecule has 202 valence electrons. The number of hydrogen-bond donors (Lipinski definition) is 0. The molecule has 34 heavy (non-hydrogen) atoms. The van der Waals surface area contributed by atoms with Crippen LogP contribution in [0.2, 0.25) is 0 Å². The minimum atomic E-state index is -0.0154. The van der Waals surface area contributed by atoms with Gasteiger partial charge in [-0.15, -0.1) is 0 Å². The maximum atomic E-state index is 11.9. The lowest BCUT2D eigenvalue weighted by Gasteiger charge is -2.14. The Morgan fingerprint density at radius 2 is 0.941 bits per heavy atom. The van der Waals surface area contributed by atoms with Gasteiger partial charge < -0.3 is 9.47 Å². The second-order valence-corrected chi connectivity index (χ2v) is 10.1. The van der Waals surface area contributed by atoms with Crippen LogP contribution in [0.15, 0.2) is 0 Å². The van der Waals surface area contributed by atoms with Crippen LogP contribution in [0.25, 0.3) is 0 Å². The first kappa shape index (κ1) is 32.9. The van der Waals surface area contributed by atoms with E-state index in [1.807, 2.05) is 0 Å². The molecular weight excluding hydrogens is 424 g/mol. The zero-order valence-electron chi connectivity index (χ0n) is 23.2. The zero-order chi connectivity index (χ0) is 25.1. The molecule has 0 aliphatic carbocycles. The molecule has 0 radical (unpaired) electrons. The third-order valence-corrected chi connectivity index (χ3v) is 6.80. The van der Waals surface area contributed by atoms with Crippen LogP contribution in [-0.4, -0.2) is 25.2 Å². The van der Waals surface area contributed by atoms with Gasteiger partial charge in [0.2, 0.25) is 0 Å². The maximum absolute atomic E-state index is 11.9. The van der Waals surface area contributed by atoms with Gasteiger partial charge in [-0.25, -0.2) is 0 Å². The highest BCUT2D eigenvalue weighted by Crippen LogP contribution is 2.19. The van der Waals surface area contributed by atoms with Gasteiger partial charge in [-0.2, -0.15) is 0 Å². The van der Waals surface area contributed by atoms with Crippen LogP contribution in [0.5, 0.6) is 0 Å². The van der Waals surface area contributed by atoms with Crippen LogP contribution < -0.4 is 0 Å². The summed E-state index contributed by atoms with van der Waals surface area (Å²) in [5.41, 5.74) is 0. The highest BCUT2D eigenvalue weighted by molar-refractivity contribution is 5.69.